The number of hydrogen-bond donors (Lipinski definition) is 3. The van der Waals surface area contributed by atoms with Gasteiger partial charge in [0.25, 0.3) is 0 Å². The molecular formula is C17H26N4O. The van der Waals surface area contributed by atoms with Crippen molar-refractivity contribution in [2.24, 2.45) is 0 Å². The Balaban J connectivity index is 1.45. The van der Waals surface area contributed by atoms with E-state index in [9.17, 15) is 0 Å². The smallest absolute Gasteiger partial charge is 0.152 e. The van der Waals surface area contributed by atoms with Crippen LogP contribution in [0.5, 0.6) is 5.75 Å². The third-order valence-corrected chi connectivity index (χ3v) is 4.19. The van der Waals surface area contributed by atoms with Crippen molar-refractivity contribution in [1.29, 1.82) is 0 Å². The van der Waals surface area contributed by atoms with Gasteiger partial charge in [-0.15, -0.1) is 0 Å². The maximum atomic E-state index is 6.02. The summed E-state index contributed by atoms with van der Waals surface area (Å²) in [5, 5.41) is 9.77. The molecule has 2 aliphatic rings. The number of likely N-dealkylation sites (tertiary alicyclic amines) is 1. The highest BCUT2D eigenvalue weighted by Crippen LogP contribution is 2.18. The van der Waals surface area contributed by atoms with E-state index in [1.807, 2.05) is 18.5 Å². The number of ether oxygens (including phenoxy) is 1. The molecule has 0 saturated carbocycles. The first-order valence-corrected chi connectivity index (χ1v) is 8.25. The molecule has 1 fully saturated rings. The molecule has 2 aliphatic heterocycles. The molecule has 5 nitrogen and oxygen atoms in total. The SMILES string of the molecule is C1=CNC(NCc2ccccc2OCCN2CCCCC2)N1. The Kier molecular flexibility index (Phi) is 5.56. The summed E-state index contributed by atoms with van der Waals surface area (Å²) in [6.07, 6.45) is 7.94. The zero-order valence-electron chi connectivity index (χ0n) is 13.1. The summed E-state index contributed by atoms with van der Waals surface area (Å²) in [6.45, 7) is 5.00. The van der Waals surface area contributed by atoms with Gasteiger partial charge in [-0.05, 0) is 32.0 Å². The van der Waals surface area contributed by atoms with Crippen LogP contribution in [-0.4, -0.2) is 37.4 Å². The lowest BCUT2D eigenvalue weighted by atomic mass is 10.1. The molecule has 1 aromatic carbocycles. The number of para-hydroxylation sites is 1. The number of nitrogens with zero attached hydrogens (tertiary/aromatic N) is 1. The van der Waals surface area contributed by atoms with Gasteiger partial charge < -0.3 is 15.4 Å². The fourth-order valence-electron chi connectivity index (χ4n) is 2.93. The van der Waals surface area contributed by atoms with Crippen LogP contribution in [0.25, 0.3) is 0 Å². The molecule has 2 heterocycles. The van der Waals surface area contributed by atoms with Crippen LogP contribution in [0.15, 0.2) is 36.7 Å². The molecule has 0 radical (unpaired) electrons. The van der Waals surface area contributed by atoms with E-state index in [-0.39, 0.29) is 6.29 Å². The predicted molar refractivity (Wildman–Crippen MR) is 88.3 cm³/mol. The predicted octanol–water partition coefficient (Wildman–Crippen LogP) is 1.59. The molecule has 22 heavy (non-hydrogen) atoms. The van der Waals surface area contributed by atoms with Gasteiger partial charge in [-0.2, -0.15) is 0 Å². The quantitative estimate of drug-likeness (QED) is 0.714. The zero-order chi connectivity index (χ0) is 15.0. The summed E-state index contributed by atoms with van der Waals surface area (Å²) in [7, 11) is 0. The number of rotatable bonds is 7. The molecule has 0 aliphatic carbocycles. The molecule has 5 heteroatoms. The third kappa shape index (κ3) is 4.39. The van der Waals surface area contributed by atoms with Gasteiger partial charge in [0.15, 0.2) is 6.29 Å². The van der Waals surface area contributed by atoms with Crippen molar-refractivity contribution in [1.82, 2.24) is 20.9 Å². The largest absolute Gasteiger partial charge is 0.492 e. The molecule has 3 N–H and O–H groups in total. The van der Waals surface area contributed by atoms with Crippen LogP contribution < -0.4 is 20.7 Å². The van der Waals surface area contributed by atoms with Gasteiger partial charge in [-0.25, -0.2) is 0 Å². The zero-order valence-corrected chi connectivity index (χ0v) is 13.1. The van der Waals surface area contributed by atoms with Crippen LogP contribution >= 0.6 is 0 Å². The Morgan fingerprint density at radius 3 is 2.68 bits per heavy atom. The number of benzene rings is 1. The molecule has 0 bridgehead atoms. The van der Waals surface area contributed by atoms with E-state index >= 15 is 0 Å². The molecule has 0 atom stereocenters. The van der Waals surface area contributed by atoms with Crippen molar-refractivity contribution in [3.8, 4) is 5.75 Å². The second kappa shape index (κ2) is 8.06. The first kappa shape index (κ1) is 15.2. The van der Waals surface area contributed by atoms with E-state index < -0.39 is 0 Å². The minimum absolute atomic E-state index is 0.0985. The summed E-state index contributed by atoms with van der Waals surface area (Å²) in [5.74, 6) is 0.984. The van der Waals surface area contributed by atoms with Crippen LogP contribution in [0, 0.1) is 0 Å². The van der Waals surface area contributed by atoms with E-state index in [1.165, 1.54) is 37.9 Å². The summed E-state index contributed by atoms with van der Waals surface area (Å²) in [5.41, 5.74) is 1.19. The van der Waals surface area contributed by atoms with E-state index in [0.29, 0.717) is 0 Å². The lowest BCUT2D eigenvalue weighted by Crippen LogP contribution is -2.44. The van der Waals surface area contributed by atoms with Gasteiger partial charge in [-0.1, -0.05) is 24.6 Å². The van der Waals surface area contributed by atoms with Gasteiger partial charge in [-0.3, -0.25) is 10.2 Å². The monoisotopic (exact) mass is 302 g/mol. The fraction of sp³-hybridized carbons (Fsp3) is 0.529. The average molecular weight is 302 g/mol. The van der Waals surface area contributed by atoms with Crippen molar-refractivity contribution >= 4 is 0 Å². The van der Waals surface area contributed by atoms with Crippen LogP contribution in [0.3, 0.4) is 0 Å². The van der Waals surface area contributed by atoms with Crippen molar-refractivity contribution in [3.05, 3.63) is 42.2 Å². The average Bonchev–Trinajstić information content (AvgIpc) is 3.08. The molecule has 1 saturated heterocycles. The highest BCUT2D eigenvalue weighted by molar-refractivity contribution is 5.33. The first-order valence-electron chi connectivity index (χ1n) is 8.25. The Morgan fingerprint density at radius 1 is 1.09 bits per heavy atom. The van der Waals surface area contributed by atoms with Gasteiger partial charge in [0.1, 0.15) is 12.4 Å². The van der Waals surface area contributed by atoms with Crippen LogP contribution in [0.4, 0.5) is 0 Å². The van der Waals surface area contributed by atoms with Crippen LogP contribution in [0.2, 0.25) is 0 Å². The van der Waals surface area contributed by atoms with Crippen molar-refractivity contribution in [2.75, 3.05) is 26.2 Å². The van der Waals surface area contributed by atoms with Gasteiger partial charge in [0.05, 0.1) is 0 Å². The molecule has 0 amide bonds. The van der Waals surface area contributed by atoms with E-state index in [0.717, 1.165) is 25.4 Å². The Hall–Kier alpha value is -1.72. The van der Waals surface area contributed by atoms with Gasteiger partial charge in [0, 0.05) is 31.1 Å². The number of piperidine rings is 1. The Labute approximate surface area is 132 Å². The summed E-state index contributed by atoms with van der Waals surface area (Å²) in [4.78, 5) is 2.50. The van der Waals surface area contributed by atoms with Crippen molar-refractivity contribution in [3.63, 3.8) is 0 Å². The van der Waals surface area contributed by atoms with Gasteiger partial charge >= 0.3 is 0 Å². The lowest BCUT2D eigenvalue weighted by molar-refractivity contribution is 0.182. The van der Waals surface area contributed by atoms with E-state index in [1.54, 1.807) is 0 Å². The van der Waals surface area contributed by atoms with E-state index in [4.69, 9.17) is 4.74 Å². The summed E-state index contributed by atoms with van der Waals surface area (Å²) < 4.78 is 6.02. The standard InChI is InChI=1S/C17H26N4O/c1-4-10-21(11-5-1)12-13-22-16-7-3-2-6-15(16)14-20-17-18-8-9-19-17/h2-3,6-9,17-20H,1,4-5,10-14H2. The highest BCUT2D eigenvalue weighted by Gasteiger charge is 2.11. The summed E-state index contributed by atoms with van der Waals surface area (Å²) in [6, 6.07) is 8.27. The molecular weight excluding hydrogens is 276 g/mol. The molecule has 3 rings (SSSR count). The van der Waals surface area contributed by atoms with E-state index in [2.05, 4.69) is 39.0 Å². The maximum absolute atomic E-state index is 6.02. The molecule has 0 aromatic heterocycles. The van der Waals surface area contributed by atoms with Crippen LogP contribution in [0.1, 0.15) is 24.8 Å². The number of hydrogen-bond acceptors (Lipinski definition) is 5. The summed E-state index contributed by atoms with van der Waals surface area (Å²) >= 11 is 0. The minimum atomic E-state index is 0.0985. The second-order valence-corrected chi connectivity index (χ2v) is 5.84. The fourth-order valence-corrected chi connectivity index (χ4v) is 2.93. The topological polar surface area (TPSA) is 48.6 Å². The van der Waals surface area contributed by atoms with Crippen molar-refractivity contribution in [2.45, 2.75) is 32.1 Å². The lowest BCUT2D eigenvalue weighted by Gasteiger charge is -2.26. The highest BCUT2D eigenvalue weighted by atomic mass is 16.5. The number of nitrogens with one attached hydrogen (secondary N) is 3. The first-order chi connectivity index (χ1) is 10.9. The van der Waals surface area contributed by atoms with Gasteiger partial charge in [0.2, 0.25) is 0 Å². The second-order valence-electron chi connectivity index (χ2n) is 5.84. The van der Waals surface area contributed by atoms with Crippen molar-refractivity contribution < 1.29 is 4.74 Å². The molecule has 0 unspecified atom stereocenters. The maximum Gasteiger partial charge on any atom is 0.152 e. The Morgan fingerprint density at radius 2 is 1.86 bits per heavy atom. The minimum Gasteiger partial charge on any atom is -0.492 e. The molecule has 120 valence electrons. The molecule has 1 aromatic rings. The van der Waals surface area contributed by atoms with Crippen LogP contribution in [-0.2, 0) is 6.54 Å². The Bertz CT molecular complexity index is 477. The normalized spacial score (nSPS) is 18.9. The third-order valence-electron chi connectivity index (χ3n) is 4.19. The molecule has 0 spiro atoms.